The average Bonchev–Trinajstić information content (AvgIpc) is 3.22. The summed E-state index contributed by atoms with van der Waals surface area (Å²) in [5, 5.41) is 12.6. The van der Waals surface area contributed by atoms with Crippen molar-refractivity contribution in [2.75, 3.05) is 12.4 Å². The minimum atomic E-state index is -0.155. The lowest BCUT2D eigenvalue weighted by atomic mass is 10.0. The molecule has 1 atom stereocenters. The summed E-state index contributed by atoms with van der Waals surface area (Å²) in [5.74, 6) is 0.377. The van der Waals surface area contributed by atoms with Crippen molar-refractivity contribution in [1.29, 1.82) is 0 Å². The Morgan fingerprint density at radius 2 is 2.03 bits per heavy atom. The Labute approximate surface area is 218 Å². The number of carbonyl (C=O) groups excluding carboxylic acids is 2. The zero-order chi connectivity index (χ0) is 26.5. The fourth-order valence-electron chi connectivity index (χ4n) is 4.68. The Hall–Kier alpha value is -3.71. The molecule has 37 heavy (non-hydrogen) atoms. The van der Waals surface area contributed by atoms with Gasteiger partial charge in [0.05, 0.1) is 18.3 Å². The van der Waals surface area contributed by atoms with Gasteiger partial charge in [-0.2, -0.15) is 0 Å². The van der Waals surface area contributed by atoms with Crippen molar-refractivity contribution in [2.45, 2.75) is 59.3 Å². The highest BCUT2D eigenvalue weighted by Gasteiger charge is 2.27. The lowest BCUT2D eigenvalue weighted by molar-refractivity contribution is -0.118. The van der Waals surface area contributed by atoms with Gasteiger partial charge in [0.25, 0.3) is 0 Å². The van der Waals surface area contributed by atoms with Crippen molar-refractivity contribution in [2.24, 2.45) is 10.9 Å². The van der Waals surface area contributed by atoms with Crippen LogP contribution in [-0.2, 0) is 18.0 Å². The maximum atomic E-state index is 12.1. The molecule has 1 unspecified atom stereocenters. The number of amides is 1. The number of likely N-dealkylation sites (N-methyl/N-ethyl adjacent to an activating group) is 1. The predicted octanol–water partition coefficient (Wildman–Crippen LogP) is 5.48. The quantitative estimate of drug-likeness (QED) is 0.351. The molecule has 0 aromatic heterocycles. The molecular formula is C30H35N3O4. The second kappa shape index (κ2) is 11.6. The first-order valence-corrected chi connectivity index (χ1v) is 12.7. The van der Waals surface area contributed by atoms with Crippen LogP contribution in [0, 0.1) is 12.8 Å². The molecule has 7 nitrogen and oxygen atoms in total. The summed E-state index contributed by atoms with van der Waals surface area (Å²) < 4.78 is 6.13. The van der Waals surface area contributed by atoms with E-state index in [0.29, 0.717) is 28.3 Å². The summed E-state index contributed by atoms with van der Waals surface area (Å²) in [4.78, 5) is 30.9. The second-order valence-electron chi connectivity index (χ2n) is 10.0. The van der Waals surface area contributed by atoms with Crippen LogP contribution in [0.15, 0.2) is 58.7 Å². The number of allylic oxidation sites excluding steroid dienone is 2. The van der Waals surface area contributed by atoms with Crippen molar-refractivity contribution >= 4 is 29.8 Å². The van der Waals surface area contributed by atoms with Crippen LogP contribution in [0.3, 0.4) is 0 Å². The van der Waals surface area contributed by atoms with Crippen LogP contribution in [-0.4, -0.2) is 41.5 Å². The van der Waals surface area contributed by atoms with Gasteiger partial charge in [-0.3, -0.25) is 14.6 Å². The van der Waals surface area contributed by atoms with Crippen molar-refractivity contribution in [3.8, 4) is 5.75 Å². The number of rotatable bonds is 9. The maximum absolute atomic E-state index is 12.1. The number of nitrogens with zero attached hydrogens (tertiary/aromatic N) is 2. The van der Waals surface area contributed by atoms with E-state index < -0.39 is 0 Å². The normalized spacial score (nSPS) is 17.0. The number of anilines is 1. The highest BCUT2D eigenvalue weighted by molar-refractivity contribution is 5.92. The van der Waals surface area contributed by atoms with Gasteiger partial charge >= 0.3 is 0 Å². The lowest BCUT2D eigenvalue weighted by Gasteiger charge is -2.21. The van der Waals surface area contributed by atoms with Crippen LogP contribution in [0.1, 0.15) is 60.2 Å². The zero-order valence-corrected chi connectivity index (χ0v) is 22.0. The Bertz CT molecular complexity index is 1280. The van der Waals surface area contributed by atoms with Gasteiger partial charge in [0.15, 0.2) is 6.29 Å². The SMILES string of the molecule is Cc1cc(C=O)c(/N=C\C2CC3=C(C=CCC3)N2C)cc1OCc1cc(CO)cc(NC(=O)C(C)C)c1. The number of hydrogen-bond donors (Lipinski definition) is 2. The first-order chi connectivity index (χ1) is 17.8. The van der Waals surface area contributed by atoms with E-state index in [4.69, 9.17) is 9.73 Å². The number of hydrogen-bond acceptors (Lipinski definition) is 6. The van der Waals surface area contributed by atoms with E-state index in [1.54, 1.807) is 18.2 Å². The third-order valence-corrected chi connectivity index (χ3v) is 6.84. The summed E-state index contributed by atoms with van der Waals surface area (Å²) in [6.07, 6.45) is 10.2. The standard InChI is InChI=1S/C30H35N3O4/c1-19(2)30(36)32-25-11-21(16-34)10-22(12-25)18-37-29-14-27(24(17-35)9-20(29)3)31-15-26-13-23-7-5-6-8-28(23)33(26)4/h6,8-12,14-15,17,19,26,34H,5,7,13,16,18H2,1-4H3,(H,32,36)/b31-15-. The van der Waals surface area contributed by atoms with E-state index in [-0.39, 0.29) is 31.1 Å². The number of aldehydes is 1. The molecule has 0 fully saturated rings. The third-order valence-electron chi connectivity index (χ3n) is 6.84. The monoisotopic (exact) mass is 501 g/mol. The Morgan fingerprint density at radius 3 is 2.73 bits per heavy atom. The molecule has 4 rings (SSSR count). The molecule has 0 saturated carbocycles. The number of benzene rings is 2. The number of aliphatic hydroxyl groups is 1. The van der Waals surface area contributed by atoms with Gasteiger partial charge in [-0.15, -0.1) is 0 Å². The van der Waals surface area contributed by atoms with E-state index in [2.05, 4.69) is 29.4 Å². The van der Waals surface area contributed by atoms with Gasteiger partial charge in [0, 0.05) is 42.2 Å². The Morgan fingerprint density at radius 1 is 1.24 bits per heavy atom. The van der Waals surface area contributed by atoms with Crippen molar-refractivity contribution in [3.05, 3.63) is 76.0 Å². The number of ether oxygens (including phenoxy) is 1. The smallest absolute Gasteiger partial charge is 0.226 e. The molecule has 0 saturated heterocycles. The topological polar surface area (TPSA) is 91.2 Å². The molecule has 2 N–H and O–H groups in total. The van der Waals surface area contributed by atoms with E-state index in [0.717, 1.165) is 36.7 Å². The van der Waals surface area contributed by atoms with Gasteiger partial charge in [-0.05, 0) is 78.8 Å². The highest BCUT2D eigenvalue weighted by Crippen LogP contribution is 2.34. The van der Waals surface area contributed by atoms with Crippen LogP contribution in [0.2, 0.25) is 0 Å². The summed E-state index contributed by atoms with van der Waals surface area (Å²) >= 11 is 0. The van der Waals surface area contributed by atoms with Crippen LogP contribution < -0.4 is 10.1 Å². The Kier molecular flexibility index (Phi) is 8.24. The summed E-state index contributed by atoms with van der Waals surface area (Å²) in [7, 11) is 2.08. The Balaban J connectivity index is 1.51. The maximum Gasteiger partial charge on any atom is 0.226 e. The van der Waals surface area contributed by atoms with Gasteiger partial charge in [-0.1, -0.05) is 19.9 Å². The minimum absolute atomic E-state index is 0.0928. The number of nitrogens with one attached hydrogen (secondary N) is 1. The van der Waals surface area contributed by atoms with Gasteiger partial charge in [0.2, 0.25) is 5.91 Å². The molecule has 194 valence electrons. The number of aryl methyl sites for hydroxylation is 1. The molecule has 7 heteroatoms. The number of aliphatic hydroxyl groups excluding tert-OH is 1. The van der Waals surface area contributed by atoms with Crippen LogP contribution in [0.5, 0.6) is 5.75 Å². The fraction of sp³-hybridized carbons (Fsp3) is 0.367. The summed E-state index contributed by atoms with van der Waals surface area (Å²) in [5.41, 5.74) is 6.76. The molecule has 2 aromatic carbocycles. The molecule has 1 amide bonds. The summed E-state index contributed by atoms with van der Waals surface area (Å²) in [6.45, 7) is 5.63. The highest BCUT2D eigenvalue weighted by atomic mass is 16.5. The van der Waals surface area contributed by atoms with Crippen molar-refractivity contribution < 1.29 is 19.4 Å². The molecule has 0 radical (unpaired) electrons. The molecule has 1 heterocycles. The van der Waals surface area contributed by atoms with E-state index in [1.165, 1.54) is 11.3 Å². The van der Waals surface area contributed by atoms with Crippen LogP contribution >= 0.6 is 0 Å². The van der Waals surface area contributed by atoms with E-state index >= 15 is 0 Å². The molecule has 2 aliphatic rings. The molecule has 1 aliphatic heterocycles. The van der Waals surface area contributed by atoms with Crippen molar-refractivity contribution in [1.82, 2.24) is 4.90 Å². The molecular weight excluding hydrogens is 466 g/mol. The number of carbonyl (C=O) groups is 2. The van der Waals surface area contributed by atoms with Crippen LogP contribution in [0.4, 0.5) is 11.4 Å². The van der Waals surface area contributed by atoms with Gasteiger partial charge in [0.1, 0.15) is 12.4 Å². The largest absolute Gasteiger partial charge is 0.489 e. The second-order valence-corrected chi connectivity index (χ2v) is 10.0. The lowest BCUT2D eigenvalue weighted by Crippen LogP contribution is -2.26. The fourth-order valence-corrected chi connectivity index (χ4v) is 4.68. The van der Waals surface area contributed by atoms with E-state index in [1.807, 2.05) is 39.1 Å². The molecule has 2 aromatic rings. The minimum Gasteiger partial charge on any atom is -0.489 e. The van der Waals surface area contributed by atoms with Crippen LogP contribution in [0.25, 0.3) is 0 Å². The molecule has 1 aliphatic carbocycles. The van der Waals surface area contributed by atoms with Crippen molar-refractivity contribution in [3.63, 3.8) is 0 Å². The number of aliphatic imine (C=N–C) groups is 1. The third kappa shape index (κ3) is 6.17. The zero-order valence-electron chi connectivity index (χ0n) is 22.0. The summed E-state index contributed by atoms with van der Waals surface area (Å²) in [6, 6.07) is 9.18. The first kappa shape index (κ1) is 26.4. The van der Waals surface area contributed by atoms with Gasteiger partial charge < -0.3 is 20.1 Å². The molecule has 0 spiro atoms. The average molecular weight is 502 g/mol. The van der Waals surface area contributed by atoms with E-state index in [9.17, 15) is 14.7 Å². The van der Waals surface area contributed by atoms with Gasteiger partial charge in [-0.25, -0.2) is 0 Å². The first-order valence-electron chi connectivity index (χ1n) is 12.7. The molecule has 0 bridgehead atoms. The predicted molar refractivity (Wildman–Crippen MR) is 146 cm³/mol.